The van der Waals surface area contributed by atoms with Gasteiger partial charge in [0.05, 0.1) is 16.8 Å². The highest BCUT2D eigenvalue weighted by Crippen LogP contribution is 2.33. The van der Waals surface area contributed by atoms with Gasteiger partial charge in [0.25, 0.3) is 5.91 Å². The summed E-state index contributed by atoms with van der Waals surface area (Å²) in [6.45, 7) is 1.66. The fourth-order valence-electron chi connectivity index (χ4n) is 4.86. The Morgan fingerprint density at radius 3 is 2.38 bits per heavy atom. The lowest BCUT2D eigenvalue weighted by Crippen LogP contribution is -2.56. The molecule has 1 saturated carbocycles. The van der Waals surface area contributed by atoms with Crippen LogP contribution in [0, 0.1) is 0 Å². The summed E-state index contributed by atoms with van der Waals surface area (Å²) in [5.74, 6) is -4.96. The average molecular weight is 695 g/mol. The lowest BCUT2D eigenvalue weighted by molar-refractivity contribution is -0.165. The van der Waals surface area contributed by atoms with E-state index in [1.807, 2.05) is 7.05 Å². The standard InChI is InChI=1S/C23H25ClN8O4S.C4H6O6/c1-32-7-6-15-17(10-32)37-23(29-15)21(35)28-16-8-12(22-31-26-11-36-22)2-4-14(16)27-19(33)20(34)30-18-5-3-13(24)9-25-18;5-1(3(7)8)2(6)4(9)10/h3,5,9,11-12,14,16H,2,4,6-8,10H2,1H3,(H,27,33)(H,28,35)(H,25,30,34);1-2,5-6H,(H,7,8)(H,9,10)/t12-,14-,16+;/m0./s1. The second-order valence-electron chi connectivity index (χ2n) is 10.7. The van der Waals surface area contributed by atoms with Crippen LogP contribution in [0.5, 0.6) is 0 Å². The van der Waals surface area contributed by atoms with Crippen molar-refractivity contribution in [3.63, 3.8) is 0 Å². The van der Waals surface area contributed by atoms with Crippen molar-refractivity contribution in [1.82, 2.24) is 35.7 Å². The molecule has 47 heavy (non-hydrogen) atoms. The van der Waals surface area contributed by atoms with Crippen LogP contribution in [0.1, 0.15) is 51.4 Å². The molecule has 3 amide bonds. The van der Waals surface area contributed by atoms with Gasteiger partial charge in [-0.2, -0.15) is 0 Å². The first-order chi connectivity index (χ1) is 22.3. The summed E-state index contributed by atoms with van der Waals surface area (Å²) in [5.41, 5.74) is 0.956. The van der Waals surface area contributed by atoms with Crippen LogP contribution < -0.4 is 16.0 Å². The first-order valence-electron chi connectivity index (χ1n) is 14.1. The Kier molecular flexibility index (Phi) is 11.9. The van der Waals surface area contributed by atoms with Crippen LogP contribution in [0.25, 0.3) is 0 Å². The molecule has 3 aromatic heterocycles. The number of aliphatic hydroxyl groups is 2. The van der Waals surface area contributed by atoms with Gasteiger partial charge in [-0.15, -0.1) is 21.5 Å². The Labute approximate surface area is 275 Å². The van der Waals surface area contributed by atoms with Gasteiger partial charge in [-0.25, -0.2) is 19.6 Å². The molecular weight excluding hydrogens is 664 g/mol. The average Bonchev–Trinajstić information content (AvgIpc) is 3.73. The van der Waals surface area contributed by atoms with E-state index in [-0.39, 0.29) is 17.6 Å². The highest BCUT2D eigenvalue weighted by atomic mass is 35.5. The maximum absolute atomic E-state index is 13.2. The number of carboxylic acids is 2. The molecular formula is C27H31ClN8O10S. The summed E-state index contributed by atoms with van der Waals surface area (Å²) in [6, 6.07) is 2.09. The zero-order valence-corrected chi connectivity index (χ0v) is 26.3. The van der Waals surface area contributed by atoms with Gasteiger partial charge in [-0.05, 0) is 38.4 Å². The first kappa shape index (κ1) is 35.3. The maximum atomic E-state index is 13.2. The van der Waals surface area contributed by atoms with Crippen molar-refractivity contribution < 1.29 is 48.8 Å². The van der Waals surface area contributed by atoms with Crippen molar-refractivity contribution in [3.8, 4) is 0 Å². The highest BCUT2D eigenvalue weighted by molar-refractivity contribution is 7.13. The number of amides is 3. The van der Waals surface area contributed by atoms with E-state index in [2.05, 4.69) is 41.0 Å². The SMILES string of the molecule is CN1CCc2nc(C(=O)N[C@@H]3C[C@@H](c4nnco4)CC[C@@H]3NC(=O)C(=O)Nc3ccc(Cl)cn3)sc2C1.O=C(O)C(O)C(O)C(=O)O. The molecule has 5 atom stereocenters. The predicted octanol–water partition coefficient (Wildman–Crippen LogP) is -0.371. The third-order valence-electron chi connectivity index (χ3n) is 7.31. The van der Waals surface area contributed by atoms with Crippen LogP contribution in [0.4, 0.5) is 5.82 Å². The van der Waals surface area contributed by atoms with Gasteiger partial charge in [0.15, 0.2) is 17.2 Å². The molecule has 252 valence electrons. The van der Waals surface area contributed by atoms with Crippen LogP contribution in [0.15, 0.2) is 29.1 Å². The molecule has 0 spiro atoms. The number of rotatable bonds is 8. The van der Waals surface area contributed by atoms with Crippen LogP contribution in [0.2, 0.25) is 5.02 Å². The number of halogens is 1. The minimum Gasteiger partial charge on any atom is -0.479 e. The van der Waals surface area contributed by atoms with Gasteiger partial charge in [0.1, 0.15) is 5.82 Å². The fraction of sp³-hybridized carbons (Fsp3) is 0.444. The third kappa shape index (κ3) is 9.48. The second kappa shape index (κ2) is 15.8. The molecule has 7 N–H and O–H groups in total. The minimum absolute atomic E-state index is 0.0915. The summed E-state index contributed by atoms with van der Waals surface area (Å²) >= 11 is 7.20. The molecule has 0 aromatic carbocycles. The summed E-state index contributed by atoms with van der Waals surface area (Å²) in [5, 5.41) is 49.3. The number of carbonyl (C=O) groups excluding carboxylic acids is 3. The molecule has 3 aromatic rings. The van der Waals surface area contributed by atoms with E-state index in [0.29, 0.717) is 35.2 Å². The van der Waals surface area contributed by atoms with Gasteiger partial charge in [-0.1, -0.05) is 11.6 Å². The Balaban J connectivity index is 0.000000434. The molecule has 5 rings (SSSR count). The van der Waals surface area contributed by atoms with Gasteiger partial charge in [-0.3, -0.25) is 14.4 Å². The first-order valence-corrected chi connectivity index (χ1v) is 15.3. The summed E-state index contributed by atoms with van der Waals surface area (Å²) in [4.78, 5) is 69.7. The molecule has 1 aliphatic heterocycles. The smallest absolute Gasteiger partial charge is 0.335 e. The highest BCUT2D eigenvalue weighted by Gasteiger charge is 2.37. The van der Waals surface area contributed by atoms with Gasteiger partial charge < -0.3 is 45.7 Å². The van der Waals surface area contributed by atoms with E-state index in [1.54, 1.807) is 6.07 Å². The van der Waals surface area contributed by atoms with E-state index in [1.165, 1.54) is 30.0 Å². The lowest BCUT2D eigenvalue weighted by Gasteiger charge is -2.35. The molecule has 1 aliphatic carbocycles. The number of anilines is 1. The van der Waals surface area contributed by atoms with Crippen LogP contribution >= 0.6 is 22.9 Å². The second-order valence-corrected chi connectivity index (χ2v) is 12.2. The number of fused-ring (bicyclic) bond motifs is 1. The van der Waals surface area contributed by atoms with Crippen LogP contribution in [0.3, 0.4) is 0 Å². The Morgan fingerprint density at radius 2 is 1.77 bits per heavy atom. The van der Waals surface area contributed by atoms with Gasteiger partial charge in [0, 0.05) is 42.5 Å². The zero-order chi connectivity index (χ0) is 34.2. The van der Waals surface area contributed by atoms with Crippen molar-refractivity contribution >= 4 is 58.4 Å². The van der Waals surface area contributed by atoms with Gasteiger partial charge in [0.2, 0.25) is 12.3 Å². The topological polar surface area (TPSA) is 270 Å². The largest absolute Gasteiger partial charge is 0.479 e. The van der Waals surface area contributed by atoms with Gasteiger partial charge >= 0.3 is 23.8 Å². The number of nitrogens with one attached hydrogen (secondary N) is 3. The third-order valence-corrected chi connectivity index (χ3v) is 8.61. The van der Waals surface area contributed by atoms with Crippen molar-refractivity contribution in [2.45, 2.75) is 62.4 Å². The van der Waals surface area contributed by atoms with E-state index in [0.717, 1.165) is 30.1 Å². The lowest BCUT2D eigenvalue weighted by atomic mass is 9.82. The number of aliphatic hydroxyl groups excluding tert-OH is 2. The number of nitrogens with zero attached hydrogens (tertiary/aromatic N) is 5. The van der Waals surface area contributed by atoms with E-state index < -0.39 is 48.0 Å². The number of carbonyl (C=O) groups is 5. The summed E-state index contributed by atoms with van der Waals surface area (Å²) in [7, 11) is 2.04. The van der Waals surface area contributed by atoms with Crippen molar-refractivity contribution in [2.24, 2.45) is 0 Å². The number of hydrogen-bond donors (Lipinski definition) is 7. The Morgan fingerprint density at radius 1 is 1.04 bits per heavy atom. The number of hydrogen-bond acceptors (Lipinski definition) is 14. The zero-order valence-electron chi connectivity index (χ0n) is 24.7. The fourth-order valence-corrected chi connectivity index (χ4v) is 6.07. The van der Waals surface area contributed by atoms with E-state index in [9.17, 15) is 24.0 Å². The number of likely N-dealkylation sites (N-methyl/N-ethyl adjacent to an activating group) is 1. The van der Waals surface area contributed by atoms with E-state index >= 15 is 0 Å². The molecule has 0 saturated heterocycles. The van der Waals surface area contributed by atoms with Crippen LogP contribution in [-0.4, -0.2) is 113 Å². The molecule has 2 unspecified atom stereocenters. The molecule has 20 heteroatoms. The molecule has 18 nitrogen and oxygen atoms in total. The molecule has 0 radical (unpaired) electrons. The summed E-state index contributed by atoms with van der Waals surface area (Å²) in [6.07, 6.45) is 0.487. The monoisotopic (exact) mass is 694 g/mol. The molecule has 1 fully saturated rings. The number of pyridine rings is 1. The quantitative estimate of drug-likeness (QED) is 0.148. The number of carboxylic acid groups (broad SMARTS) is 2. The number of aromatic nitrogens is 4. The van der Waals surface area contributed by atoms with Crippen molar-refractivity contribution in [3.05, 3.63) is 51.2 Å². The van der Waals surface area contributed by atoms with Crippen molar-refractivity contribution in [1.29, 1.82) is 0 Å². The maximum Gasteiger partial charge on any atom is 0.335 e. The summed E-state index contributed by atoms with van der Waals surface area (Å²) < 4.78 is 5.39. The molecule has 0 bridgehead atoms. The minimum atomic E-state index is -2.27. The predicted molar refractivity (Wildman–Crippen MR) is 161 cm³/mol. The number of aliphatic carboxylic acids is 2. The normalized spacial score (nSPS) is 20.4. The molecule has 4 heterocycles. The van der Waals surface area contributed by atoms with Crippen LogP contribution in [-0.2, 0) is 32.1 Å². The Hall–Kier alpha value is -4.56. The number of thiazole rings is 1. The van der Waals surface area contributed by atoms with E-state index in [4.69, 9.17) is 36.4 Å². The molecule has 2 aliphatic rings. The van der Waals surface area contributed by atoms with Crippen molar-refractivity contribution in [2.75, 3.05) is 18.9 Å². The Bertz CT molecular complexity index is 1570.